The third kappa shape index (κ3) is 6.02. The lowest BCUT2D eigenvalue weighted by Crippen LogP contribution is -2.47. The van der Waals surface area contributed by atoms with Gasteiger partial charge in [0.2, 0.25) is 5.91 Å². The number of methoxy groups -OCH3 is 1. The minimum absolute atomic E-state index is 0.00557. The van der Waals surface area contributed by atoms with Gasteiger partial charge >= 0.3 is 11.7 Å². The van der Waals surface area contributed by atoms with E-state index in [1.807, 2.05) is 6.07 Å². The molecular formula is C26H29FN4O7S. The topological polar surface area (TPSA) is 153 Å². The van der Waals surface area contributed by atoms with Gasteiger partial charge in [-0.25, -0.2) is 18.5 Å². The number of aryl methyl sites for hydroxylation is 1. The second-order valence-electron chi connectivity index (χ2n) is 9.10. The number of hydrogen-bond acceptors (Lipinski definition) is 8. The van der Waals surface area contributed by atoms with Crippen LogP contribution in [0.25, 0.3) is 10.2 Å². The molecular weight excluding hydrogens is 531 g/mol. The van der Waals surface area contributed by atoms with E-state index in [4.69, 9.17) is 14.7 Å². The molecule has 2 aromatic heterocycles. The van der Waals surface area contributed by atoms with Gasteiger partial charge in [0.15, 0.2) is 0 Å². The van der Waals surface area contributed by atoms with Crippen LogP contribution in [0.1, 0.15) is 60.1 Å². The van der Waals surface area contributed by atoms with Crippen molar-refractivity contribution in [3.8, 4) is 11.8 Å². The number of fused-ring (bicyclic) bond motifs is 1. The molecule has 11 nitrogen and oxygen atoms in total. The zero-order valence-corrected chi connectivity index (χ0v) is 22.9. The Morgan fingerprint density at radius 3 is 2.54 bits per heavy atom. The number of halogens is 1. The molecule has 1 aromatic carbocycles. The van der Waals surface area contributed by atoms with E-state index >= 15 is 0 Å². The Labute approximate surface area is 227 Å². The van der Waals surface area contributed by atoms with Crippen LogP contribution < -0.4 is 21.3 Å². The highest BCUT2D eigenvalue weighted by Crippen LogP contribution is 2.33. The maximum atomic E-state index is 14.3. The summed E-state index contributed by atoms with van der Waals surface area (Å²) >= 11 is 0.741. The fourth-order valence-corrected chi connectivity index (χ4v) is 5.34. The molecule has 0 bridgehead atoms. The van der Waals surface area contributed by atoms with Crippen LogP contribution in [0, 0.1) is 24.1 Å². The van der Waals surface area contributed by atoms with Gasteiger partial charge in [0.1, 0.15) is 33.4 Å². The SMILES string of the molecule is COc1ccc(F)cc1[C@H](Cn1c(=O)n([C@@H](C)C(=O)NC(C)C)c(=O)c2c(C)c(C(=O)O)sc21)OCCC#N. The monoisotopic (exact) mass is 560 g/mol. The van der Waals surface area contributed by atoms with E-state index in [-0.39, 0.29) is 57.6 Å². The smallest absolute Gasteiger partial charge is 0.346 e. The zero-order valence-electron chi connectivity index (χ0n) is 22.1. The van der Waals surface area contributed by atoms with Gasteiger partial charge in [0.05, 0.1) is 38.1 Å². The van der Waals surface area contributed by atoms with Gasteiger partial charge in [0, 0.05) is 11.6 Å². The first-order valence-corrected chi connectivity index (χ1v) is 12.9. The molecule has 0 saturated heterocycles. The summed E-state index contributed by atoms with van der Waals surface area (Å²) in [7, 11) is 1.38. The van der Waals surface area contributed by atoms with Crippen molar-refractivity contribution >= 4 is 33.4 Å². The van der Waals surface area contributed by atoms with Crippen molar-refractivity contribution in [1.29, 1.82) is 5.26 Å². The zero-order chi connectivity index (χ0) is 29.0. The van der Waals surface area contributed by atoms with Crippen LogP contribution in [-0.2, 0) is 16.1 Å². The number of carbonyl (C=O) groups is 2. The fraction of sp³-hybridized carbons (Fsp3) is 0.423. The highest BCUT2D eigenvalue weighted by atomic mass is 32.1. The van der Waals surface area contributed by atoms with E-state index in [0.717, 1.165) is 20.5 Å². The number of aromatic nitrogens is 2. The largest absolute Gasteiger partial charge is 0.496 e. The number of carboxylic acids is 1. The predicted octanol–water partition coefficient (Wildman–Crippen LogP) is 3.14. The van der Waals surface area contributed by atoms with E-state index in [2.05, 4.69) is 5.32 Å². The molecule has 0 aliphatic heterocycles. The standard InChI is InChI=1S/C26H29FN4O7S/c1-13(2)29-22(32)15(4)31-23(33)20-14(3)21(25(34)35)39-24(20)30(26(31)36)12-19(38-10-6-9-28)17-11-16(27)7-8-18(17)37-5/h7-8,11,13,15,19H,6,10,12H2,1-5H3,(H,29,32)(H,34,35)/t15-,19-/m0/s1. The van der Waals surface area contributed by atoms with Crippen LogP contribution in [0.5, 0.6) is 5.75 Å². The van der Waals surface area contributed by atoms with Gasteiger partial charge < -0.3 is 19.9 Å². The van der Waals surface area contributed by atoms with Crippen LogP contribution in [0.15, 0.2) is 27.8 Å². The number of hydrogen-bond donors (Lipinski definition) is 2. The van der Waals surface area contributed by atoms with Gasteiger partial charge in [-0.1, -0.05) is 0 Å². The molecule has 2 atom stereocenters. The van der Waals surface area contributed by atoms with Crippen molar-refractivity contribution in [2.75, 3.05) is 13.7 Å². The predicted molar refractivity (Wildman–Crippen MR) is 142 cm³/mol. The van der Waals surface area contributed by atoms with E-state index in [1.54, 1.807) is 13.8 Å². The van der Waals surface area contributed by atoms with Crippen molar-refractivity contribution in [3.63, 3.8) is 0 Å². The van der Waals surface area contributed by atoms with Crippen molar-refractivity contribution in [2.45, 2.75) is 58.8 Å². The molecule has 0 aliphatic carbocycles. The van der Waals surface area contributed by atoms with Gasteiger partial charge in [0.25, 0.3) is 5.56 Å². The van der Waals surface area contributed by atoms with Crippen LogP contribution in [0.4, 0.5) is 4.39 Å². The summed E-state index contributed by atoms with van der Waals surface area (Å²) in [6.07, 6.45) is -1.03. The van der Waals surface area contributed by atoms with Crippen molar-refractivity contribution in [2.24, 2.45) is 0 Å². The lowest BCUT2D eigenvalue weighted by molar-refractivity contribution is -0.124. The number of rotatable bonds is 11. The first-order chi connectivity index (χ1) is 18.4. The summed E-state index contributed by atoms with van der Waals surface area (Å²) in [5.74, 6) is -2.19. The minimum atomic E-state index is -1.28. The Bertz CT molecular complexity index is 1570. The van der Waals surface area contributed by atoms with Crippen LogP contribution >= 0.6 is 11.3 Å². The highest BCUT2D eigenvalue weighted by molar-refractivity contribution is 7.20. The minimum Gasteiger partial charge on any atom is -0.496 e. The molecule has 0 saturated carbocycles. The maximum Gasteiger partial charge on any atom is 0.346 e. The summed E-state index contributed by atoms with van der Waals surface area (Å²) in [5.41, 5.74) is -1.28. The van der Waals surface area contributed by atoms with Crippen LogP contribution in [0.3, 0.4) is 0 Å². The number of nitrogens with zero attached hydrogens (tertiary/aromatic N) is 3. The summed E-state index contributed by atoms with van der Waals surface area (Å²) < 4.78 is 27.5. The maximum absolute atomic E-state index is 14.3. The molecule has 3 rings (SSSR count). The van der Waals surface area contributed by atoms with Gasteiger partial charge in [-0.15, -0.1) is 11.3 Å². The Balaban J connectivity index is 2.33. The molecule has 0 aliphatic rings. The molecule has 1 amide bonds. The van der Waals surface area contributed by atoms with E-state index in [0.29, 0.717) is 0 Å². The van der Waals surface area contributed by atoms with Crippen molar-refractivity contribution in [1.82, 2.24) is 14.5 Å². The van der Waals surface area contributed by atoms with E-state index in [1.165, 1.54) is 39.2 Å². The lowest BCUT2D eigenvalue weighted by Gasteiger charge is -2.23. The molecule has 2 heterocycles. The molecule has 208 valence electrons. The third-order valence-electron chi connectivity index (χ3n) is 6.05. The molecule has 0 spiro atoms. The average Bonchev–Trinajstić information content (AvgIpc) is 3.22. The van der Waals surface area contributed by atoms with Crippen molar-refractivity contribution in [3.05, 3.63) is 60.9 Å². The number of nitrogens with one attached hydrogen (secondary N) is 1. The number of aromatic carboxylic acids is 1. The summed E-state index contributed by atoms with van der Waals surface area (Å²) in [6.45, 7) is 5.96. The Morgan fingerprint density at radius 2 is 1.95 bits per heavy atom. The van der Waals surface area contributed by atoms with Gasteiger partial charge in [-0.2, -0.15) is 5.26 Å². The van der Waals surface area contributed by atoms with Crippen molar-refractivity contribution < 1.29 is 28.6 Å². The quantitative estimate of drug-likeness (QED) is 0.339. The molecule has 2 N–H and O–H groups in total. The Hall–Kier alpha value is -4.02. The highest BCUT2D eigenvalue weighted by Gasteiger charge is 2.29. The van der Waals surface area contributed by atoms with E-state index < -0.39 is 41.1 Å². The van der Waals surface area contributed by atoms with Gasteiger partial charge in [-0.3, -0.25) is 14.2 Å². The van der Waals surface area contributed by atoms with Crippen LogP contribution in [-0.4, -0.2) is 45.9 Å². The second-order valence-corrected chi connectivity index (χ2v) is 10.1. The number of carboxylic acid groups (broad SMARTS) is 1. The van der Waals surface area contributed by atoms with Crippen LogP contribution in [0.2, 0.25) is 0 Å². The second kappa shape index (κ2) is 12.2. The summed E-state index contributed by atoms with van der Waals surface area (Å²) in [4.78, 5) is 52.1. The third-order valence-corrected chi connectivity index (χ3v) is 7.36. The first-order valence-electron chi connectivity index (χ1n) is 12.1. The molecule has 0 unspecified atom stereocenters. The summed E-state index contributed by atoms with van der Waals surface area (Å²) in [5, 5.41) is 21.4. The number of ether oxygens (including phenoxy) is 2. The van der Waals surface area contributed by atoms with E-state index in [9.17, 15) is 28.7 Å². The Morgan fingerprint density at radius 1 is 1.26 bits per heavy atom. The first kappa shape index (κ1) is 29.5. The molecule has 39 heavy (non-hydrogen) atoms. The molecule has 3 aromatic rings. The number of thiophene rings is 1. The average molecular weight is 561 g/mol. The molecule has 13 heteroatoms. The number of carbonyl (C=O) groups excluding carboxylic acids is 1. The number of amides is 1. The number of nitriles is 1. The molecule has 0 fully saturated rings. The lowest BCUT2D eigenvalue weighted by atomic mass is 10.1. The summed E-state index contributed by atoms with van der Waals surface area (Å²) in [6, 6.07) is 4.22. The number of benzene rings is 1. The molecule has 0 radical (unpaired) electrons. The van der Waals surface area contributed by atoms with Gasteiger partial charge in [-0.05, 0) is 51.5 Å². The normalized spacial score (nSPS) is 12.8. The fourth-order valence-electron chi connectivity index (χ4n) is 4.20. The Kier molecular flexibility index (Phi) is 9.26.